The van der Waals surface area contributed by atoms with E-state index in [1.165, 1.54) is 28.0 Å². The van der Waals surface area contributed by atoms with Crippen molar-refractivity contribution in [2.45, 2.75) is 65.1 Å². The van der Waals surface area contributed by atoms with E-state index in [2.05, 4.69) is 47.7 Å². The van der Waals surface area contributed by atoms with E-state index in [-0.39, 0.29) is 29.4 Å². The summed E-state index contributed by atoms with van der Waals surface area (Å²) >= 11 is 2.80. The summed E-state index contributed by atoms with van der Waals surface area (Å²) < 4.78 is 1.85. The van der Waals surface area contributed by atoms with Crippen molar-refractivity contribution < 1.29 is 9.59 Å². The maximum atomic E-state index is 12.8. The molecule has 0 saturated heterocycles. The lowest BCUT2D eigenvalue weighted by atomic mass is 9.72. The van der Waals surface area contributed by atoms with E-state index in [1.807, 2.05) is 41.8 Å². The fraction of sp³-hybridized carbons (Fsp3) is 0.444. The Morgan fingerprint density at radius 1 is 1.19 bits per heavy atom. The van der Waals surface area contributed by atoms with Crippen molar-refractivity contribution in [3.63, 3.8) is 0 Å². The van der Waals surface area contributed by atoms with Crippen LogP contribution in [0.2, 0.25) is 0 Å². The van der Waals surface area contributed by atoms with Crippen LogP contribution in [0.1, 0.15) is 55.9 Å². The summed E-state index contributed by atoms with van der Waals surface area (Å²) in [6.07, 6.45) is 2.97. The molecule has 1 aliphatic carbocycles. The highest BCUT2D eigenvalue weighted by atomic mass is 32.2. The molecule has 4 rings (SSSR count). The second kappa shape index (κ2) is 11.5. The molecule has 194 valence electrons. The van der Waals surface area contributed by atoms with E-state index in [9.17, 15) is 14.9 Å². The molecule has 0 aliphatic heterocycles. The molecule has 1 aromatic carbocycles. The van der Waals surface area contributed by atoms with Crippen LogP contribution < -0.4 is 10.6 Å². The molecule has 37 heavy (non-hydrogen) atoms. The van der Waals surface area contributed by atoms with Crippen LogP contribution in [0.3, 0.4) is 0 Å². The Kier molecular flexibility index (Phi) is 8.35. The fourth-order valence-electron chi connectivity index (χ4n) is 4.57. The van der Waals surface area contributed by atoms with E-state index in [4.69, 9.17) is 0 Å². The highest BCUT2D eigenvalue weighted by Gasteiger charge is 2.32. The maximum Gasteiger partial charge on any atom is 0.235 e. The predicted octanol–water partition coefficient (Wildman–Crippen LogP) is 5.29. The van der Waals surface area contributed by atoms with Gasteiger partial charge in [0.05, 0.1) is 17.7 Å². The van der Waals surface area contributed by atoms with Gasteiger partial charge < -0.3 is 15.2 Å². The summed E-state index contributed by atoms with van der Waals surface area (Å²) in [6.45, 7) is 9.31. The topological polar surface area (TPSA) is 113 Å². The molecule has 2 heterocycles. The van der Waals surface area contributed by atoms with E-state index < -0.39 is 0 Å². The summed E-state index contributed by atoms with van der Waals surface area (Å²) in [4.78, 5) is 26.5. The monoisotopic (exact) mass is 536 g/mol. The molecular formula is C27H32N6O2S2. The Morgan fingerprint density at radius 2 is 1.95 bits per heavy atom. The van der Waals surface area contributed by atoms with Crippen LogP contribution in [0.25, 0.3) is 0 Å². The van der Waals surface area contributed by atoms with E-state index in [1.54, 1.807) is 0 Å². The standard InChI is InChI=1S/C27H32N6O2S2/c1-5-33-22(14-23(34)29-18-9-7-6-8-10-18)31-32-26(33)36-16-24(35)30-25-20(15-28)19-12-11-17(27(2,3)4)13-21(19)37-25/h6-10,17H,5,11-14,16H2,1-4H3,(H,29,34)(H,30,35). The van der Waals surface area contributed by atoms with Crippen molar-refractivity contribution in [1.82, 2.24) is 14.8 Å². The van der Waals surface area contributed by atoms with Gasteiger partial charge in [-0.1, -0.05) is 50.7 Å². The van der Waals surface area contributed by atoms with Gasteiger partial charge in [0.2, 0.25) is 11.8 Å². The summed E-state index contributed by atoms with van der Waals surface area (Å²) in [7, 11) is 0. The van der Waals surface area contributed by atoms with E-state index in [0.717, 1.165) is 30.5 Å². The molecule has 1 atom stereocenters. The van der Waals surface area contributed by atoms with Gasteiger partial charge in [-0.2, -0.15) is 5.26 Å². The Labute approximate surface area is 225 Å². The molecule has 0 bridgehead atoms. The van der Waals surface area contributed by atoms with Crippen LogP contribution in [0.4, 0.5) is 10.7 Å². The van der Waals surface area contributed by atoms with Crippen molar-refractivity contribution in [2.24, 2.45) is 11.3 Å². The molecule has 1 aliphatic rings. The molecule has 0 radical (unpaired) electrons. The van der Waals surface area contributed by atoms with Gasteiger partial charge in [0.15, 0.2) is 5.16 Å². The SMILES string of the molecule is CCn1c(CC(=O)Nc2ccccc2)nnc1SCC(=O)Nc1sc2c(c1C#N)CCC(C(C)(C)C)C2. The van der Waals surface area contributed by atoms with E-state index in [0.29, 0.717) is 34.0 Å². The minimum atomic E-state index is -0.193. The summed E-state index contributed by atoms with van der Waals surface area (Å²) in [5, 5.41) is 25.2. The lowest BCUT2D eigenvalue weighted by molar-refractivity contribution is -0.116. The number of hydrogen-bond acceptors (Lipinski definition) is 7. The predicted molar refractivity (Wildman–Crippen MR) is 148 cm³/mol. The van der Waals surface area contributed by atoms with Gasteiger partial charge in [0.25, 0.3) is 0 Å². The molecule has 1 unspecified atom stereocenters. The molecule has 0 fully saturated rings. The molecule has 3 aromatic rings. The number of aromatic nitrogens is 3. The van der Waals surface area contributed by atoms with Crippen LogP contribution in [0.15, 0.2) is 35.5 Å². The fourth-order valence-corrected chi connectivity index (χ4v) is 6.68. The Bertz CT molecular complexity index is 1320. The second-order valence-electron chi connectivity index (χ2n) is 10.2. The third-order valence-electron chi connectivity index (χ3n) is 6.67. The first kappa shape index (κ1) is 26.9. The van der Waals surface area contributed by atoms with Crippen molar-refractivity contribution >= 4 is 45.6 Å². The van der Waals surface area contributed by atoms with Crippen molar-refractivity contribution in [1.29, 1.82) is 5.26 Å². The molecular weight excluding hydrogens is 504 g/mol. The summed E-state index contributed by atoms with van der Waals surface area (Å²) in [5.74, 6) is 0.869. The van der Waals surface area contributed by atoms with E-state index >= 15 is 0 Å². The molecule has 2 N–H and O–H groups in total. The van der Waals surface area contributed by atoms with Crippen molar-refractivity contribution in [3.05, 3.63) is 52.2 Å². The lowest BCUT2D eigenvalue weighted by Gasteiger charge is -2.33. The van der Waals surface area contributed by atoms with Crippen LogP contribution >= 0.6 is 23.1 Å². The number of anilines is 2. The Hall–Kier alpha value is -3.16. The number of nitrogens with one attached hydrogen (secondary N) is 2. The minimum Gasteiger partial charge on any atom is -0.326 e. The highest BCUT2D eigenvalue weighted by Crippen LogP contribution is 2.44. The molecule has 2 aromatic heterocycles. The first-order valence-electron chi connectivity index (χ1n) is 12.4. The zero-order valence-corrected chi connectivity index (χ0v) is 23.3. The highest BCUT2D eigenvalue weighted by molar-refractivity contribution is 7.99. The van der Waals surface area contributed by atoms with Gasteiger partial charge >= 0.3 is 0 Å². The number of hydrogen-bond donors (Lipinski definition) is 2. The van der Waals surface area contributed by atoms with Gasteiger partial charge in [0.1, 0.15) is 16.9 Å². The van der Waals surface area contributed by atoms with Gasteiger partial charge in [-0.3, -0.25) is 9.59 Å². The van der Waals surface area contributed by atoms with Gasteiger partial charge in [0, 0.05) is 17.1 Å². The number of nitrogens with zero attached hydrogens (tertiary/aromatic N) is 4. The Balaban J connectivity index is 1.37. The van der Waals surface area contributed by atoms with Gasteiger partial charge in [-0.15, -0.1) is 21.5 Å². The number of carbonyl (C=O) groups excluding carboxylic acids is 2. The first-order valence-corrected chi connectivity index (χ1v) is 14.2. The molecule has 0 saturated carbocycles. The summed E-state index contributed by atoms with van der Waals surface area (Å²) in [6, 6.07) is 11.6. The number of thiophene rings is 1. The average Bonchev–Trinajstić information content (AvgIpc) is 3.41. The van der Waals surface area contributed by atoms with Gasteiger partial charge in [-0.25, -0.2) is 0 Å². The number of thioether (sulfide) groups is 1. The van der Waals surface area contributed by atoms with Crippen LogP contribution in [0, 0.1) is 22.7 Å². The number of nitriles is 1. The second-order valence-corrected chi connectivity index (χ2v) is 12.2. The third-order valence-corrected chi connectivity index (χ3v) is 8.81. The Morgan fingerprint density at radius 3 is 2.62 bits per heavy atom. The normalized spacial score (nSPS) is 15.1. The number of fused-ring (bicyclic) bond motifs is 1. The largest absolute Gasteiger partial charge is 0.326 e. The quantitative estimate of drug-likeness (QED) is 0.378. The van der Waals surface area contributed by atoms with Crippen LogP contribution in [-0.4, -0.2) is 32.3 Å². The minimum absolute atomic E-state index is 0.0876. The number of carbonyl (C=O) groups is 2. The zero-order chi connectivity index (χ0) is 26.6. The van der Waals surface area contributed by atoms with Gasteiger partial charge in [-0.05, 0) is 55.2 Å². The van der Waals surface area contributed by atoms with Crippen molar-refractivity contribution in [3.8, 4) is 6.07 Å². The van der Waals surface area contributed by atoms with Crippen LogP contribution in [0.5, 0.6) is 0 Å². The number of benzene rings is 1. The smallest absolute Gasteiger partial charge is 0.235 e. The number of rotatable bonds is 8. The van der Waals surface area contributed by atoms with Crippen molar-refractivity contribution in [2.75, 3.05) is 16.4 Å². The average molecular weight is 537 g/mol. The lowest BCUT2D eigenvalue weighted by Crippen LogP contribution is -2.26. The first-order chi connectivity index (χ1) is 17.7. The molecule has 2 amide bonds. The summed E-state index contributed by atoms with van der Waals surface area (Å²) in [5.41, 5.74) is 2.64. The zero-order valence-electron chi connectivity index (χ0n) is 21.6. The number of para-hydroxylation sites is 1. The molecule has 0 spiro atoms. The molecule has 8 nitrogen and oxygen atoms in total. The number of amides is 2. The third kappa shape index (κ3) is 6.40. The van der Waals surface area contributed by atoms with Crippen LogP contribution in [-0.2, 0) is 35.4 Å². The molecule has 10 heteroatoms. The maximum absolute atomic E-state index is 12.8.